The summed E-state index contributed by atoms with van der Waals surface area (Å²) in [7, 11) is 0. The Kier molecular flexibility index (Phi) is 6.66. The van der Waals surface area contributed by atoms with Crippen molar-refractivity contribution in [3.05, 3.63) is 42.5 Å². The number of aliphatic hydroxyl groups is 1. The highest BCUT2D eigenvalue weighted by Gasteiger charge is 2.34. The Morgan fingerprint density at radius 3 is 2.74 bits per heavy atom. The summed E-state index contributed by atoms with van der Waals surface area (Å²) in [4.78, 5) is 4.45. The number of aryl methyl sites for hydroxylation is 1. The van der Waals surface area contributed by atoms with Gasteiger partial charge in [0.15, 0.2) is 5.90 Å². The Labute approximate surface area is 138 Å². The van der Waals surface area contributed by atoms with E-state index in [9.17, 15) is 5.11 Å². The first-order valence-corrected chi connectivity index (χ1v) is 8.30. The molecule has 0 aromatic heterocycles. The summed E-state index contributed by atoms with van der Waals surface area (Å²) in [5.41, 5.74) is 0.751. The number of hydrogen-bond donors (Lipinski definition) is 1. The Morgan fingerprint density at radius 1 is 1.35 bits per heavy atom. The van der Waals surface area contributed by atoms with Crippen LogP contribution in [0.5, 0.6) is 5.75 Å². The maximum absolute atomic E-state index is 9.60. The number of benzene rings is 1. The van der Waals surface area contributed by atoms with Crippen molar-refractivity contribution in [3.63, 3.8) is 0 Å². The lowest BCUT2D eigenvalue weighted by Crippen LogP contribution is -2.33. The van der Waals surface area contributed by atoms with Crippen LogP contribution in [0.1, 0.15) is 38.2 Å². The lowest BCUT2D eigenvalue weighted by molar-refractivity contribution is 0.150. The van der Waals surface area contributed by atoms with Crippen molar-refractivity contribution in [1.82, 2.24) is 0 Å². The predicted molar refractivity (Wildman–Crippen MR) is 93.2 cm³/mol. The van der Waals surface area contributed by atoms with Gasteiger partial charge < -0.3 is 14.6 Å². The predicted octanol–water partition coefficient (Wildman–Crippen LogP) is 3.53. The van der Waals surface area contributed by atoms with Crippen molar-refractivity contribution >= 4 is 5.90 Å². The molecule has 1 aromatic carbocycles. The van der Waals surface area contributed by atoms with Crippen LogP contribution in [0, 0.1) is 0 Å². The van der Waals surface area contributed by atoms with E-state index in [0.717, 1.165) is 44.5 Å². The molecular weight excluding hydrogens is 290 g/mol. The van der Waals surface area contributed by atoms with Gasteiger partial charge in [-0.05, 0) is 49.8 Å². The molecule has 2 rings (SSSR count). The standard InChI is InChI=1S/C19H27NO3/c1-3-4-5-6-13-22-18-9-7-17(8-10-18)11-12-19(14-21)15-23-16(2)20-19/h3,7-10,21H,1,4-6,11-15H2,2H3. The first-order valence-electron chi connectivity index (χ1n) is 8.30. The number of nitrogens with zero attached hydrogens (tertiary/aromatic N) is 1. The van der Waals surface area contributed by atoms with Crippen molar-refractivity contribution in [2.75, 3.05) is 19.8 Å². The van der Waals surface area contributed by atoms with Gasteiger partial charge in [-0.3, -0.25) is 0 Å². The van der Waals surface area contributed by atoms with Gasteiger partial charge in [0.2, 0.25) is 0 Å². The molecule has 0 aliphatic carbocycles. The van der Waals surface area contributed by atoms with Crippen molar-refractivity contribution in [2.45, 2.75) is 44.6 Å². The minimum absolute atomic E-state index is 0.0241. The van der Waals surface area contributed by atoms with Gasteiger partial charge in [-0.15, -0.1) is 6.58 Å². The Balaban J connectivity index is 1.77. The number of ether oxygens (including phenoxy) is 2. The molecule has 1 aliphatic rings. The monoisotopic (exact) mass is 317 g/mol. The lowest BCUT2D eigenvalue weighted by atomic mass is 9.94. The molecule has 23 heavy (non-hydrogen) atoms. The topological polar surface area (TPSA) is 51.0 Å². The molecule has 1 unspecified atom stereocenters. The highest BCUT2D eigenvalue weighted by Crippen LogP contribution is 2.25. The molecule has 1 atom stereocenters. The molecule has 0 amide bonds. The van der Waals surface area contributed by atoms with Crippen LogP contribution in [0.25, 0.3) is 0 Å². The largest absolute Gasteiger partial charge is 0.494 e. The van der Waals surface area contributed by atoms with E-state index in [1.807, 2.05) is 25.1 Å². The molecule has 1 N–H and O–H groups in total. The normalized spacial score (nSPS) is 20.0. The van der Waals surface area contributed by atoms with Gasteiger partial charge in [0.25, 0.3) is 0 Å². The smallest absolute Gasteiger partial charge is 0.180 e. The minimum Gasteiger partial charge on any atom is -0.494 e. The molecule has 0 fully saturated rings. The maximum atomic E-state index is 9.60. The van der Waals surface area contributed by atoms with Gasteiger partial charge in [0, 0.05) is 6.92 Å². The fourth-order valence-electron chi connectivity index (χ4n) is 2.64. The summed E-state index contributed by atoms with van der Waals surface area (Å²) in [5.74, 6) is 1.57. The fourth-order valence-corrected chi connectivity index (χ4v) is 2.64. The summed E-state index contributed by atoms with van der Waals surface area (Å²) in [6.07, 6.45) is 6.79. The van der Waals surface area contributed by atoms with Crippen LogP contribution in [0.2, 0.25) is 0 Å². The second kappa shape index (κ2) is 8.73. The highest BCUT2D eigenvalue weighted by molar-refractivity contribution is 5.75. The number of aliphatic hydroxyl groups excluding tert-OH is 1. The number of rotatable bonds is 10. The van der Waals surface area contributed by atoms with Gasteiger partial charge in [-0.2, -0.15) is 0 Å². The first kappa shape index (κ1) is 17.5. The third kappa shape index (κ3) is 5.39. The lowest BCUT2D eigenvalue weighted by Gasteiger charge is -2.21. The van der Waals surface area contributed by atoms with Crippen LogP contribution in [0.3, 0.4) is 0 Å². The zero-order valence-electron chi connectivity index (χ0n) is 14.0. The molecule has 0 saturated heterocycles. The molecule has 4 heteroatoms. The number of unbranched alkanes of at least 4 members (excludes halogenated alkanes) is 2. The molecule has 0 saturated carbocycles. The van der Waals surface area contributed by atoms with E-state index in [-0.39, 0.29) is 6.61 Å². The molecule has 126 valence electrons. The number of hydrogen-bond acceptors (Lipinski definition) is 4. The van der Waals surface area contributed by atoms with E-state index in [0.29, 0.717) is 12.5 Å². The molecule has 1 heterocycles. The SMILES string of the molecule is C=CCCCCOc1ccc(CCC2(CO)COC(C)=N2)cc1. The van der Waals surface area contributed by atoms with E-state index in [1.165, 1.54) is 5.56 Å². The van der Waals surface area contributed by atoms with Crippen LogP contribution in [-0.2, 0) is 11.2 Å². The average Bonchev–Trinajstić information content (AvgIpc) is 2.96. The summed E-state index contributed by atoms with van der Waals surface area (Å²) in [5, 5.41) is 9.60. The molecule has 1 aromatic rings. The van der Waals surface area contributed by atoms with Crippen LogP contribution in [0.4, 0.5) is 0 Å². The molecule has 0 bridgehead atoms. The van der Waals surface area contributed by atoms with Crippen LogP contribution in [-0.4, -0.2) is 36.4 Å². The first-order chi connectivity index (χ1) is 11.2. The molecular formula is C19H27NO3. The zero-order chi connectivity index (χ0) is 16.5. The minimum atomic E-state index is -0.468. The quantitative estimate of drug-likeness (QED) is 0.530. The average molecular weight is 317 g/mol. The van der Waals surface area contributed by atoms with Crippen molar-refractivity contribution < 1.29 is 14.6 Å². The van der Waals surface area contributed by atoms with E-state index in [4.69, 9.17) is 9.47 Å². The summed E-state index contributed by atoms with van der Waals surface area (Å²) in [6, 6.07) is 8.18. The molecule has 0 spiro atoms. The van der Waals surface area contributed by atoms with Gasteiger partial charge in [-0.25, -0.2) is 4.99 Å². The van der Waals surface area contributed by atoms with Gasteiger partial charge in [-0.1, -0.05) is 18.2 Å². The van der Waals surface area contributed by atoms with E-state index in [1.54, 1.807) is 0 Å². The second-order valence-electron chi connectivity index (χ2n) is 6.08. The molecule has 4 nitrogen and oxygen atoms in total. The Hall–Kier alpha value is -1.81. The van der Waals surface area contributed by atoms with Crippen molar-refractivity contribution in [1.29, 1.82) is 0 Å². The summed E-state index contributed by atoms with van der Waals surface area (Å²) in [6.45, 7) is 6.79. The van der Waals surface area contributed by atoms with Gasteiger partial charge in [0.05, 0.1) is 13.2 Å². The maximum Gasteiger partial charge on any atom is 0.180 e. The van der Waals surface area contributed by atoms with Crippen LogP contribution < -0.4 is 4.74 Å². The number of aliphatic imine (C=N–C) groups is 1. The number of allylic oxidation sites excluding steroid dienone is 1. The van der Waals surface area contributed by atoms with Crippen molar-refractivity contribution in [2.24, 2.45) is 4.99 Å². The summed E-state index contributed by atoms with van der Waals surface area (Å²) >= 11 is 0. The van der Waals surface area contributed by atoms with Gasteiger partial charge in [0.1, 0.15) is 17.9 Å². The van der Waals surface area contributed by atoms with E-state index < -0.39 is 5.54 Å². The fraction of sp³-hybridized carbons (Fsp3) is 0.526. The van der Waals surface area contributed by atoms with Crippen LogP contribution >= 0.6 is 0 Å². The molecule has 0 radical (unpaired) electrons. The third-order valence-electron chi connectivity index (χ3n) is 4.11. The second-order valence-corrected chi connectivity index (χ2v) is 6.08. The van der Waals surface area contributed by atoms with E-state index >= 15 is 0 Å². The Morgan fingerprint density at radius 2 is 2.13 bits per heavy atom. The highest BCUT2D eigenvalue weighted by atomic mass is 16.5. The van der Waals surface area contributed by atoms with Crippen LogP contribution in [0.15, 0.2) is 41.9 Å². The Bertz CT molecular complexity index is 524. The van der Waals surface area contributed by atoms with Crippen molar-refractivity contribution in [3.8, 4) is 5.75 Å². The summed E-state index contributed by atoms with van der Waals surface area (Å²) < 4.78 is 11.1. The van der Waals surface area contributed by atoms with Gasteiger partial charge >= 0.3 is 0 Å². The van der Waals surface area contributed by atoms with E-state index in [2.05, 4.69) is 23.7 Å². The molecule has 1 aliphatic heterocycles. The zero-order valence-corrected chi connectivity index (χ0v) is 14.0. The third-order valence-corrected chi connectivity index (χ3v) is 4.11.